The Morgan fingerprint density at radius 2 is 2.10 bits per heavy atom. The molecule has 0 spiro atoms. The fraction of sp³-hybridized carbons (Fsp3) is 0.273. The Bertz CT molecular complexity index is 1010. The zero-order valence-corrected chi connectivity index (χ0v) is 16.0. The summed E-state index contributed by atoms with van der Waals surface area (Å²) in [7, 11) is 0. The van der Waals surface area contributed by atoms with Gasteiger partial charge in [-0.2, -0.15) is 18.4 Å². The average molecular weight is 417 g/mol. The van der Waals surface area contributed by atoms with Crippen molar-refractivity contribution in [3.8, 4) is 6.07 Å². The molecule has 3 rings (SSSR count). The first-order valence-electron chi connectivity index (χ1n) is 9.31. The summed E-state index contributed by atoms with van der Waals surface area (Å²) in [5.74, 6) is -1.57. The van der Waals surface area contributed by atoms with Gasteiger partial charge in [-0.25, -0.2) is 4.39 Å². The van der Waals surface area contributed by atoms with Crippen molar-refractivity contribution in [2.24, 2.45) is 5.92 Å². The highest BCUT2D eigenvalue weighted by molar-refractivity contribution is 5.94. The minimum atomic E-state index is -4.72. The second kappa shape index (κ2) is 8.57. The molecule has 1 aliphatic rings. The van der Waals surface area contributed by atoms with Gasteiger partial charge < -0.3 is 10.2 Å². The van der Waals surface area contributed by atoms with Crippen LogP contribution in [0.2, 0.25) is 0 Å². The molecular formula is C22H19F4N3O. The molecule has 0 aliphatic carbocycles. The Morgan fingerprint density at radius 1 is 1.33 bits per heavy atom. The number of nitrogens with zero attached hydrogens (tertiary/aromatic N) is 2. The van der Waals surface area contributed by atoms with Crippen molar-refractivity contribution in [3.05, 3.63) is 71.6 Å². The molecule has 2 aromatic rings. The molecule has 1 aliphatic heterocycles. The Labute approximate surface area is 171 Å². The molecule has 0 saturated heterocycles. The lowest BCUT2D eigenvalue weighted by molar-refractivity contribution is -0.137. The monoisotopic (exact) mass is 417 g/mol. The topological polar surface area (TPSA) is 56.1 Å². The molecule has 30 heavy (non-hydrogen) atoms. The van der Waals surface area contributed by atoms with Gasteiger partial charge in [0.1, 0.15) is 5.82 Å². The molecule has 0 radical (unpaired) electrons. The molecule has 2 aromatic carbocycles. The van der Waals surface area contributed by atoms with Gasteiger partial charge in [-0.05, 0) is 43.2 Å². The summed E-state index contributed by atoms with van der Waals surface area (Å²) in [4.78, 5) is 14.6. The number of nitriles is 1. The van der Waals surface area contributed by atoms with E-state index in [1.807, 2.05) is 4.90 Å². The van der Waals surface area contributed by atoms with Gasteiger partial charge in [0, 0.05) is 30.0 Å². The van der Waals surface area contributed by atoms with Gasteiger partial charge in [-0.1, -0.05) is 12.1 Å². The third-order valence-corrected chi connectivity index (χ3v) is 5.04. The normalized spacial score (nSPS) is 14.4. The number of fused-ring (bicyclic) bond motifs is 1. The van der Waals surface area contributed by atoms with Crippen LogP contribution in [0.25, 0.3) is 0 Å². The molecule has 0 bridgehead atoms. The number of benzene rings is 2. The van der Waals surface area contributed by atoms with Gasteiger partial charge >= 0.3 is 6.18 Å². The molecule has 8 heteroatoms. The fourth-order valence-electron chi connectivity index (χ4n) is 3.54. The quantitative estimate of drug-likeness (QED) is 0.556. The van der Waals surface area contributed by atoms with E-state index >= 15 is 0 Å². The largest absolute Gasteiger partial charge is 0.417 e. The Kier molecular flexibility index (Phi) is 6.11. The van der Waals surface area contributed by atoms with E-state index in [-0.39, 0.29) is 18.0 Å². The summed E-state index contributed by atoms with van der Waals surface area (Å²) in [6.45, 7) is 4.51. The molecule has 0 aromatic heterocycles. The summed E-state index contributed by atoms with van der Waals surface area (Å²) in [5, 5.41) is 11.3. The van der Waals surface area contributed by atoms with Crippen LogP contribution in [0.4, 0.5) is 28.9 Å². The van der Waals surface area contributed by atoms with Crippen LogP contribution in [0.1, 0.15) is 23.1 Å². The molecule has 156 valence electrons. The number of carbonyl (C=O) groups excluding carboxylic acids is 1. The smallest absolute Gasteiger partial charge is 0.370 e. The number of hydrogen-bond donors (Lipinski definition) is 1. The van der Waals surface area contributed by atoms with E-state index in [2.05, 4.69) is 11.9 Å². The molecule has 1 heterocycles. The second-order valence-electron chi connectivity index (χ2n) is 6.99. The lowest BCUT2D eigenvalue weighted by Gasteiger charge is -2.33. The van der Waals surface area contributed by atoms with E-state index < -0.39 is 29.1 Å². The van der Waals surface area contributed by atoms with Crippen LogP contribution in [0, 0.1) is 23.1 Å². The Morgan fingerprint density at radius 3 is 2.77 bits per heavy atom. The zero-order valence-electron chi connectivity index (χ0n) is 16.0. The molecule has 4 nitrogen and oxygen atoms in total. The molecule has 0 fully saturated rings. The fourth-order valence-corrected chi connectivity index (χ4v) is 3.54. The van der Waals surface area contributed by atoms with Crippen molar-refractivity contribution < 1.29 is 22.4 Å². The number of amides is 1. The first kappa shape index (κ1) is 21.4. The van der Waals surface area contributed by atoms with Crippen LogP contribution in [0.5, 0.6) is 0 Å². The van der Waals surface area contributed by atoms with E-state index in [9.17, 15) is 22.4 Å². The van der Waals surface area contributed by atoms with Gasteiger partial charge in [-0.3, -0.25) is 4.79 Å². The minimum absolute atomic E-state index is 0.0664. The van der Waals surface area contributed by atoms with Crippen LogP contribution in [-0.2, 0) is 17.4 Å². The van der Waals surface area contributed by atoms with Crippen molar-refractivity contribution >= 4 is 17.3 Å². The number of rotatable bonds is 5. The summed E-state index contributed by atoms with van der Waals surface area (Å²) >= 11 is 0. The van der Waals surface area contributed by atoms with Crippen LogP contribution < -0.4 is 10.2 Å². The van der Waals surface area contributed by atoms with Crippen LogP contribution in [-0.4, -0.2) is 19.0 Å². The molecule has 1 amide bonds. The van der Waals surface area contributed by atoms with Gasteiger partial charge in [0.15, 0.2) is 0 Å². The first-order valence-corrected chi connectivity index (χ1v) is 9.31. The number of halogens is 4. The van der Waals surface area contributed by atoms with E-state index in [1.54, 1.807) is 12.1 Å². The van der Waals surface area contributed by atoms with Crippen molar-refractivity contribution in [1.82, 2.24) is 0 Å². The van der Waals surface area contributed by atoms with E-state index in [0.717, 1.165) is 18.6 Å². The summed E-state index contributed by atoms with van der Waals surface area (Å²) in [6, 6.07) is 9.28. The van der Waals surface area contributed by atoms with Crippen molar-refractivity contribution in [2.45, 2.75) is 19.0 Å². The number of alkyl halides is 3. The Hall–Kier alpha value is -3.34. The van der Waals surface area contributed by atoms with Crippen molar-refractivity contribution in [3.63, 3.8) is 0 Å². The van der Waals surface area contributed by atoms with E-state index in [0.29, 0.717) is 24.2 Å². The summed E-state index contributed by atoms with van der Waals surface area (Å²) in [6.07, 6.45) is -1.97. The first-order chi connectivity index (χ1) is 14.2. The average Bonchev–Trinajstić information content (AvgIpc) is 2.71. The number of anilines is 2. The highest BCUT2D eigenvalue weighted by Crippen LogP contribution is 2.34. The lowest BCUT2D eigenvalue weighted by Crippen LogP contribution is -2.38. The van der Waals surface area contributed by atoms with E-state index in [1.165, 1.54) is 24.3 Å². The molecule has 1 atom stereocenters. The van der Waals surface area contributed by atoms with Crippen LogP contribution >= 0.6 is 0 Å². The van der Waals surface area contributed by atoms with Gasteiger partial charge in [0.2, 0.25) is 5.91 Å². The number of carbonyl (C=O) groups is 1. The highest BCUT2D eigenvalue weighted by Gasteiger charge is 2.34. The minimum Gasteiger partial charge on any atom is -0.370 e. The number of hydrogen-bond acceptors (Lipinski definition) is 3. The lowest BCUT2D eigenvalue weighted by atomic mass is 9.99. The predicted octanol–water partition coefficient (Wildman–Crippen LogP) is 4.91. The summed E-state index contributed by atoms with van der Waals surface area (Å²) < 4.78 is 53.5. The molecule has 1 N–H and O–H groups in total. The number of nitrogens with one attached hydrogen (secondary N) is 1. The second-order valence-corrected chi connectivity index (χ2v) is 6.99. The SMILES string of the molecule is C=C[C@H](CN1CCCc2c(F)cccc21)C(=O)Nc1ccc(C#N)c(C(F)(F)F)c1. The van der Waals surface area contributed by atoms with Crippen LogP contribution in [0.15, 0.2) is 49.1 Å². The van der Waals surface area contributed by atoms with Gasteiger partial charge in [0.25, 0.3) is 0 Å². The van der Waals surface area contributed by atoms with Crippen molar-refractivity contribution in [2.75, 3.05) is 23.3 Å². The highest BCUT2D eigenvalue weighted by atomic mass is 19.4. The predicted molar refractivity (Wildman–Crippen MR) is 105 cm³/mol. The molecule has 0 saturated carbocycles. The van der Waals surface area contributed by atoms with Gasteiger partial charge in [-0.15, -0.1) is 6.58 Å². The van der Waals surface area contributed by atoms with E-state index in [4.69, 9.17) is 5.26 Å². The van der Waals surface area contributed by atoms with Crippen LogP contribution in [0.3, 0.4) is 0 Å². The standard InChI is InChI=1S/C22H19F4N3O/c1-2-14(13-29-10-4-5-17-19(23)6-3-7-20(17)29)21(30)28-16-9-8-15(12-27)18(11-16)22(24,25)26/h2-3,6-9,11,14H,1,4-5,10,13H2,(H,28,30)/t14-/m1/s1. The third-order valence-electron chi connectivity index (χ3n) is 5.04. The third kappa shape index (κ3) is 4.46. The van der Waals surface area contributed by atoms with Gasteiger partial charge in [0.05, 0.1) is 23.1 Å². The molecule has 0 unspecified atom stereocenters. The molecular weight excluding hydrogens is 398 g/mol. The zero-order chi connectivity index (χ0) is 21.9. The van der Waals surface area contributed by atoms with Crippen molar-refractivity contribution in [1.29, 1.82) is 5.26 Å². The summed E-state index contributed by atoms with van der Waals surface area (Å²) in [5.41, 5.74) is -0.401. The maximum Gasteiger partial charge on any atom is 0.417 e. The maximum absolute atomic E-state index is 14.1. The maximum atomic E-state index is 14.1. The Balaban J connectivity index is 1.78.